The highest BCUT2D eigenvalue weighted by atomic mass is 33.1. The zero-order chi connectivity index (χ0) is 55.2. The van der Waals surface area contributed by atoms with Gasteiger partial charge in [-0.1, -0.05) is 64.1 Å². The van der Waals surface area contributed by atoms with Crippen LogP contribution in [0.4, 0.5) is 0 Å². The van der Waals surface area contributed by atoms with E-state index in [1.807, 2.05) is 0 Å². The summed E-state index contributed by atoms with van der Waals surface area (Å²) in [5, 5.41) is 27.6. The maximum Gasteiger partial charge on any atom is 0.246 e. The van der Waals surface area contributed by atoms with Crippen LogP contribution in [-0.2, 0) is 65.6 Å². The first-order valence-electron chi connectivity index (χ1n) is 23.7. The fourth-order valence-electron chi connectivity index (χ4n) is 7.80. The SMILES string of the molecule is NC(=O)CC[C@H]1NC(=O)[C@@H](Cc2ccccc2)NC(=O)C(Cc2ccc(O)cc2)NC(=O)[C@H](N)CSSC[C@H](C(=O)N2CCC[C@@H]2C(=O)N[C@H](CCCN=C(N)N)C(=O)NCC(N)=O)NC(=O)C(CC(N)=O)NC1=O. The van der Waals surface area contributed by atoms with E-state index in [9.17, 15) is 57.8 Å². The standard InChI is InChI=1S/C46H65N15O12S2/c47-27-22-74-75-23-33(45(73)61-17-5-9-34(61)44(72)56-28(8-4-16-53-46(51)52)39(67)54-21-37(50)65)60-43(71)32(20-36(49)64)59-40(68)29(14-15-35(48)63)55-41(69)31(18-24-6-2-1-3-7-24)58-42(70)30(57-38(27)66)19-25-10-12-26(62)13-11-25/h1-3,6-7,10-13,27-34,62H,4-5,8-9,14-23,47H2,(H2,48,63)(H2,49,64)(H2,50,65)(H,54,67)(H,55,69)(H,56,72)(H,57,66)(H,58,70)(H,59,68)(H,60,71)(H4,51,52,53)/t27-,28-,29-,30?,31-,32?,33-,34-/m1/s1. The Balaban J connectivity index is 1.71. The van der Waals surface area contributed by atoms with Crippen LogP contribution in [0.3, 0.4) is 0 Å². The third-order valence-electron chi connectivity index (χ3n) is 11.6. The lowest BCUT2D eigenvalue weighted by Gasteiger charge is -2.31. The Labute approximate surface area is 439 Å². The summed E-state index contributed by atoms with van der Waals surface area (Å²) < 4.78 is 0. The van der Waals surface area contributed by atoms with E-state index < -0.39 is 139 Å². The minimum Gasteiger partial charge on any atom is -0.508 e. The normalized spacial score (nSPS) is 22.6. The van der Waals surface area contributed by atoms with Crippen LogP contribution in [-0.4, -0.2) is 160 Å². The van der Waals surface area contributed by atoms with Gasteiger partial charge in [0.05, 0.1) is 19.0 Å². The van der Waals surface area contributed by atoms with E-state index in [4.69, 9.17) is 34.4 Å². The molecule has 2 aliphatic rings. The van der Waals surface area contributed by atoms with Crippen molar-refractivity contribution in [3.8, 4) is 5.75 Å². The van der Waals surface area contributed by atoms with E-state index in [-0.39, 0.29) is 68.4 Å². The third-order valence-corrected chi connectivity index (χ3v) is 14.1. The van der Waals surface area contributed by atoms with Crippen LogP contribution in [0.15, 0.2) is 59.6 Å². The minimum atomic E-state index is -1.80. The zero-order valence-electron chi connectivity index (χ0n) is 40.8. The number of primary amides is 3. The van der Waals surface area contributed by atoms with E-state index in [0.29, 0.717) is 17.5 Å². The van der Waals surface area contributed by atoms with Crippen LogP contribution in [0.25, 0.3) is 0 Å². The molecule has 2 unspecified atom stereocenters. The molecule has 2 aliphatic heterocycles. The Morgan fingerprint density at radius 1 is 0.707 bits per heavy atom. The first-order chi connectivity index (χ1) is 35.6. The van der Waals surface area contributed by atoms with Crippen LogP contribution in [0.2, 0.25) is 0 Å². The highest BCUT2D eigenvalue weighted by Gasteiger charge is 2.40. The number of nitrogens with two attached hydrogens (primary N) is 6. The zero-order valence-corrected chi connectivity index (χ0v) is 42.5. The largest absolute Gasteiger partial charge is 0.508 e. The smallest absolute Gasteiger partial charge is 0.246 e. The van der Waals surface area contributed by atoms with Crippen LogP contribution >= 0.6 is 21.6 Å². The van der Waals surface area contributed by atoms with Crippen LogP contribution < -0.4 is 71.6 Å². The highest BCUT2D eigenvalue weighted by molar-refractivity contribution is 8.76. The number of likely N-dealkylation sites (tertiary alicyclic amines) is 1. The highest BCUT2D eigenvalue weighted by Crippen LogP contribution is 2.26. The molecule has 408 valence electrons. The molecule has 20 N–H and O–H groups in total. The molecular weight excluding hydrogens is 1020 g/mol. The van der Waals surface area contributed by atoms with Crippen LogP contribution in [0, 0.1) is 0 Å². The molecule has 29 heteroatoms. The molecule has 0 bridgehead atoms. The van der Waals surface area contributed by atoms with Crippen molar-refractivity contribution in [2.75, 3.05) is 31.1 Å². The first kappa shape index (κ1) is 59.9. The molecule has 8 atom stereocenters. The summed E-state index contributed by atoms with van der Waals surface area (Å²) in [6.07, 6.45) is -1.38. The van der Waals surface area contributed by atoms with E-state index in [2.05, 4.69) is 42.2 Å². The van der Waals surface area contributed by atoms with Gasteiger partial charge in [0.25, 0.3) is 0 Å². The number of benzene rings is 2. The summed E-state index contributed by atoms with van der Waals surface area (Å²) in [5.41, 5.74) is 34.4. The third kappa shape index (κ3) is 20.3. The van der Waals surface area contributed by atoms with Gasteiger partial charge in [-0.3, -0.25) is 57.7 Å². The van der Waals surface area contributed by atoms with Crippen molar-refractivity contribution < 1.29 is 57.8 Å². The molecule has 11 amide bonds. The lowest BCUT2D eigenvalue weighted by atomic mass is 10.0. The van der Waals surface area contributed by atoms with Crippen molar-refractivity contribution in [3.63, 3.8) is 0 Å². The van der Waals surface area contributed by atoms with Crippen molar-refractivity contribution >= 4 is 92.5 Å². The van der Waals surface area contributed by atoms with Gasteiger partial charge in [0.15, 0.2) is 5.96 Å². The summed E-state index contributed by atoms with van der Waals surface area (Å²) in [6.45, 7) is -0.443. The fourth-order valence-corrected chi connectivity index (χ4v) is 10.1. The van der Waals surface area contributed by atoms with Gasteiger partial charge in [0.1, 0.15) is 48.0 Å². The van der Waals surface area contributed by atoms with Crippen molar-refractivity contribution in [2.45, 2.75) is 106 Å². The maximum atomic E-state index is 14.6. The van der Waals surface area contributed by atoms with Crippen LogP contribution in [0.5, 0.6) is 5.75 Å². The Morgan fingerprint density at radius 2 is 1.28 bits per heavy atom. The van der Waals surface area contributed by atoms with Gasteiger partial charge in [0.2, 0.25) is 65.0 Å². The molecule has 2 aromatic carbocycles. The molecule has 0 aliphatic carbocycles. The number of rotatable bonds is 19. The molecular formula is C46H65N15O12S2. The number of phenolic OH excluding ortho intramolecular Hbond substituents is 1. The molecule has 0 spiro atoms. The molecule has 0 saturated carbocycles. The number of carbonyl (C=O) groups excluding carboxylic acids is 11. The number of nitrogens with zero attached hydrogens (tertiary/aromatic N) is 2. The molecule has 4 rings (SSSR count). The topological polar surface area (TPSA) is 464 Å². The minimum absolute atomic E-state index is 0.00106. The van der Waals surface area contributed by atoms with Gasteiger partial charge in [-0.2, -0.15) is 0 Å². The molecule has 2 fully saturated rings. The number of guanidine groups is 1. The number of carbonyl (C=O) groups is 11. The van der Waals surface area contributed by atoms with Gasteiger partial charge in [0, 0.05) is 43.9 Å². The predicted octanol–water partition coefficient (Wildman–Crippen LogP) is -5.40. The van der Waals surface area contributed by atoms with Crippen molar-refractivity contribution in [1.82, 2.24) is 42.1 Å². The van der Waals surface area contributed by atoms with Gasteiger partial charge < -0.3 is 81.6 Å². The number of amides is 11. The quantitative estimate of drug-likeness (QED) is 0.0270. The van der Waals surface area contributed by atoms with Gasteiger partial charge in [-0.05, 0) is 55.4 Å². The summed E-state index contributed by atoms with van der Waals surface area (Å²) >= 11 is 0. The molecule has 2 heterocycles. The summed E-state index contributed by atoms with van der Waals surface area (Å²) in [5.74, 6) is -10.5. The fraction of sp³-hybridized carbons (Fsp3) is 0.478. The Hall–Kier alpha value is -7.66. The summed E-state index contributed by atoms with van der Waals surface area (Å²) in [7, 11) is 1.99. The summed E-state index contributed by atoms with van der Waals surface area (Å²) in [6, 6.07) is 2.80. The Morgan fingerprint density at radius 3 is 1.89 bits per heavy atom. The molecule has 75 heavy (non-hydrogen) atoms. The van der Waals surface area contributed by atoms with Crippen molar-refractivity contribution in [3.05, 3.63) is 65.7 Å². The van der Waals surface area contributed by atoms with Crippen molar-refractivity contribution in [2.24, 2.45) is 39.4 Å². The maximum absolute atomic E-state index is 14.6. The molecule has 2 saturated heterocycles. The lowest BCUT2D eigenvalue weighted by Crippen LogP contribution is -2.61. The monoisotopic (exact) mass is 1080 g/mol. The number of phenols is 1. The van der Waals surface area contributed by atoms with E-state index in [1.165, 1.54) is 29.2 Å². The Kier molecular flexibility index (Phi) is 23.9. The molecule has 0 aromatic heterocycles. The predicted molar refractivity (Wildman–Crippen MR) is 276 cm³/mol. The number of aromatic hydroxyl groups is 1. The van der Waals surface area contributed by atoms with Gasteiger partial charge >= 0.3 is 0 Å². The van der Waals surface area contributed by atoms with E-state index in [1.54, 1.807) is 30.3 Å². The first-order valence-corrected chi connectivity index (χ1v) is 26.2. The second-order valence-corrected chi connectivity index (χ2v) is 20.2. The second kappa shape index (κ2) is 29.9. The van der Waals surface area contributed by atoms with E-state index >= 15 is 0 Å². The Bertz CT molecular complexity index is 2420. The van der Waals surface area contributed by atoms with Gasteiger partial charge in [-0.25, -0.2) is 0 Å². The average molecular weight is 1080 g/mol. The average Bonchev–Trinajstić information content (AvgIpc) is 3.86. The van der Waals surface area contributed by atoms with Crippen molar-refractivity contribution in [1.29, 1.82) is 0 Å². The second-order valence-electron chi connectivity index (χ2n) is 17.6. The molecule has 0 radical (unpaired) electrons. The number of nitrogens with one attached hydrogen (secondary N) is 7. The number of hydrogen-bond acceptors (Lipinski definition) is 16. The van der Waals surface area contributed by atoms with E-state index in [0.717, 1.165) is 21.6 Å². The van der Waals surface area contributed by atoms with Crippen LogP contribution in [0.1, 0.15) is 56.1 Å². The molecule has 27 nitrogen and oxygen atoms in total. The summed E-state index contributed by atoms with van der Waals surface area (Å²) in [4.78, 5) is 153. The number of aliphatic imine (C=N–C) groups is 1. The van der Waals surface area contributed by atoms with Gasteiger partial charge in [-0.15, -0.1) is 0 Å². The lowest BCUT2D eigenvalue weighted by molar-refractivity contribution is -0.142. The molecule has 2 aromatic rings. The number of hydrogen-bond donors (Lipinski definition) is 14.